The van der Waals surface area contributed by atoms with E-state index in [-0.39, 0.29) is 11.9 Å². The molecule has 2 aromatic rings. The van der Waals surface area contributed by atoms with Gasteiger partial charge in [-0.1, -0.05) is 49.7 Å². The summed E-state index contributed by atoms with van der Waals surface area (Å²) >= 11 is 0. The Morgan fingerprint density at radius 1 is 1.05 bits per heavy atom. The zero-order chi connectivity index (χ0) is 16.1. The summed E-state index contributed by atoms with van der Waals surface area (Å²) in [5, 5.41) is 13.5. The molecule has 0 spiro atoms. The minimum absolute atomic E-state index is 0.0290. The summed E-state index contributed by atoms with van der Waals surface area (Å²) in [6.07, 6.45) is 0. The Balaban J connectivity index is 2.04. The predicted molar refractivity (Wildman–Crippen MR) is 90.5 cm³/mol. The molecule has 0 aliphatic carbocycles. The van der Waals surface area contributed by atoms with Crippen LogP contribution in [0.15, 0.2) is 48.5 Å². The fraction of sp³-hybridized carbons (Fsp3) is 0.222. The molecule has 0 unspecified atom stereocenters. The Bertz CT molecular complexity index is 675. The molecule has 0 heterocycles. The Morgan fingerprint density at radius 3 is 2.32 bits per heavy atom. The van der Waals surface area contributed by atoms with Gasteiger partial charge in [-0.25, -0.2) is 0 Å². The largest absolute Gasteiger partial charge is 0.326 e. The van der Waals surface area contributed by atoms with Gasteiger partial charge in [0.2, 0.25) is 0 Å². The van der Waals surface area contributed by atoms with Gasteiger partial charge in [0, 0.05) is 11.3 Å². The predicted octanol–water partition coefficient (Wildman–Crippen LogP) is 3.90. The van der Waals surface area contributed by atoms with Crippen molar-refractivity contribution in [2.24, 2.45) is 0 Å². The highest BCUT2D eigenvalue weighted by atomic mass is 16.1. The van der Waals surface area contributed by atoms with E-state index < -0.39 is 0 Å². The molecule has 4 heteroatoms. The van der Waals surface area contributed by atoms with Crippen molar-refractivity contribution in [2.45, 2.75) is 26.7 Å². The molecular weight excluding hydrogens is 274 g/mol. The van der Waals surface area contributed by atoms with Crippen molar-refractivity contribution >= 4 is 17.6 Å². The van der Waals surface area contributed by atoms with Crippen LogP contribution in [-0.4, -0.2) is 11.9 Å². The number of guanidine groups is 1. The molecular formula is C18H21N3O. The average molecular weight is 295 g/mol. The SMILES string of the molecule is Cc1ccc(C(=O)NC(=N)Nc2ccccc2C(C)C)cc1. The first-order valence-corrected chi connectivity index (χ1v) is 7.30. The van der Waals surface area contributed by atoms with Gasteiger partial charge in [0.1, 0.15) is 0 Å². The molecule has 0 aromatic heterocycles. The van der Waals surface area contributed by atoms with Crippen molar-refractivity contribution < 1.29 is 4.79 Å². The lowest BCUT2D eigenvalue weighted by atomic mass is 10.0. The van der Waals surface area contributed by atoms with E-state index in [2.05, 4.69) is 24.5 Å². The summed E-state index contributed by atoms with van der Waals surface area (Å²) in [4.78, 5) is 12.1. The summed E-state index contributed by atoms with van der Waals surface area (Å²) in [5.41, 5.74) is 3.58. The molecule has 0 aliphatic rings. The van der Waals surface area contributed by atoms with Crippen LogP contribution in [-0.2, 0) is 0 Å². The van der Waals surface area contributed by atoms with E-state index in [0.717, 1.165) is 16.8 Å². The van der Waals surface area contributed by atoms with E-state index in [1.807, 2.05) is 43.3 Å². The van der Waals surface area contributed by atoms with E-state index in [1.165, 1.54) is 0 Å². The van der Waals surface area contributed by atoms with Gasteiger partial charge >= 0.3 is 0 Å². The highest BCUT2D eigenvalue weighted by Crippen LogP contribution is 2.23. The van der Waals surface area contributed by atoms with Crippen LogP contribution < -0.4 is 10.6 Å². The molecule has 0 saturated carbocycles. The number of benzene rings is 2. The monoisotopic (exact) mass is 295 g/mol. The van der Waals surface area contributed by atoms with Crippen LogP contribution in [0.1, 0.15) is 41.3 Å². The summed E-state index contributed by atoms with van der Waals surface area (Å²) in [6, 6.07) is 15.0. The summed E-state index contributed by atoms with van der Waals surface area (Å²) in [7, 11) is 0. The van der Waals surface area contributed by atoms with Crippen molar-refractivity contribution in [3.8, 4) is 0 Å². The smallest absolute Gasteiger partial charge is 0.257 e. The van der Waals surface area contributed by atoms with Crippen LogP contribution in [0.25, 0.3) is 0 Å². The standard InChI is InChI=1S/C18H21N3O/c1-12(2)15-6-4-5-7-16(15)20-18(19)21-17(22)14-10-8-13(3)9-11-14/h4-12H,1-3H3,(H3,19,20,21,22). The van der Waals surface area contributed by atoms with Crippen LogP contribution >= 0.6 is 0 Å². The number of hydrogen-bond acceptors (Lipinski definition) is 2. The van der Waals surface area contributed by atoms with Crippen LogP contribution in [0.5, 0.6) is 0 Å². The summed E-state index contributed by atoms with van der Waals surface area (Å²) in [5.74, 6) is 0.0162. The second-order valence-electron chi connectivity index (χ2n) is 5.56. The van der Waals surface area contributed by atoms with Gasteiger partial charge in [-0.3, -0.25) is 15.5 Å². The molecule has 0 radical (unpaired) electrons. The Labute approximate surface area is 131 Å². The Morgan fingerprint density at radius 2 is 1.68 bits per heavy atom. The second-order valence-corrected chi connectivity index (χ2v) is 5.56. The number of amides is 1. The third-order valence-corrected chi connectivity index (χ3v) is 3.39. The van der Waals surface area contributed by atoms with Crippen LogP contribution in [0.4, 0.5) is 5.69 Å². The van der Waals surface area contributed by atoms with E-state index in [4.69, 9.17) is 5.41 Å². The first-order valence-electron chi connectivity index (χ1n) is 7.30. The fourth-order valence-corrected chi connectivity index (χ4v) is 2.17. The summed E-state index contributed by atoms with van der Waals surface area (Å²) < 4.78 is 0. The normalized spacial score (nSPS) is 10.4. The van der Waals surface area contributed by atoms with Gasteiger partial charge in [0.05, 0.1) is 0 Å². The van der Waals surface area contributed by atoms with E-state index in [9.17, 15) is 4.79 Å². The van der Waals surface area contributed by atoms with Crippen LogP contribution in [0.3, 0.4) is 0 Å². The van der Waals surface area contributed by atoms with Crippen molar-refractivity contribution in [2.75, 3.05) is 5.32 Å². The lowest BCUT2D eigenvalue weighted by molar-refractivity contribution is 0.0977. The number of anilines is 1. The van der Waals surface area contributed by atoms with E-state index in [0.29, 0.717) is 11.5 Å². The molecule has 0 atom stereocenters. The highest BCUT2D eigenvalue weighted by molar-refractivity contribution is 6.09. The lowest BCUT2D eigenvalue weighted by Crippen LogP contribution is -2.35. The summed E-state index contributed by atoms with van der Waals surface area (Å²) in [6.45, 7) is 6.15. The van der Waals surface area contributed by atoms with Gasteiger partial charge in [-0.05, 0) is 36.6 Å². The first kappa shape index (κ1) is 15.8. The third-order valence-electron chi connectivity index (χ3n) is 3.39. The average Bonchev–Trinajstić information content (AvgIpc) is 2.48. The number of nitrogens with one attached hydrogen (secondary N) is 3. The van der Waals surface area contributed by atoms with Gasteiger partial charge < -0.3 is 5.32 Å². The number of rotatable bonds is 3. The zero-order valence-corrected chi connectivity index (χ0v) is 13.1. The molecule has 2 aromatic carbocycles. The van der Waals surface area contributed by atoms with E-state index >= 15 is 0 Å². The lowest BCUT2D eigenvalue weighted by Gasteiger charge is -2.15. The highest BCUT2D eigenvalue weighted by Gasteiger charge is 2.10. The first-order chi connectivity index (χ1) is 10.5. The van der Waals surface area contributed by atoms with Crippen LogP contribution in [0.2, 0.25) is 0 Å². The minimum Gasteiger partial charge on any atom is -0.326 e. The molecule has 3 N–H and O–H groups in total. The molecule has 22 heavy (non-hydrogen) atoms. The molecule has 2 rings (SSSR count). The number of para-hydroxylation sites is 1. The molecule has 1 amide bonds. The molecule has 0 bridgehead atoms. The maximum absolute atomic E-state index is 12.1. The number of aryl methyl sites for hydroxylation is 1. The third kappa shape index (κ3) is 3.95. The van der Waals surface area contributed by atoms with Gasteiger partial charge in [0.25, 0.3) is 5.91 Å². The van der Waals surface area contributed by atoms with Crippen molar-refractivity contribution in [3.05, 3.63) is 65.2 Å². The van der Waals surface area contributed by atoms with Gasteiger partial charge in [-0.2, -0.15) is 0 Å². The molecule has 0 aliphatic heterocycles. The number of carbonyl (C=O) groups is 1. The number of hydrogen-bond donors (Lipinski definition) is 3. The molecule has 0 fully saturated rings. The molecule has 0 saturated heterocycles. The van der Waals surface area contributed by atoms with Crippen molar-refractivity contribution in [1.29, 1.82) is 5.41 Å². The quantitative estimate of drug-likeness (QED) is 0.594. The minimum atomic E-state index is -0.292. The second kappa shape index (κ2) is 6.89. The Kier molecular flexibility index (Phi) is 4.94. The van der Waals surface area contributed by atoms with Crippen molar-refractivity contribution in [3.63, 3.8) is 0 Å². The maximum atomic E-state index is 12.1. The van der Waals surface area contributed by atoms with Gasteiger partial charge in [0.15, 0.2) is 5.96 Å². The zero-order valence-electron chi connectivity index (χ0n) is 13.1. The topological polar surface area (TPSA) is 65.0 Å². The molecule has 114 valence electrons. The van der Waals surface area contributed by atoms with Crippen molar-refractivity contribution in [1.82, 2.24) is 5.32 Å². The Hall–Kier alpha value is -2.62. The number of carbonyl (C=O) groups excluding carboxylic acids is 1. The fourth-order valence-electron chi connectivity index (χ4n) is 2.17. The van der Waals surface area contributed by atoms with Gasteiger partial charge in [-0.15, -0.1) is 0 Å². The maximum Gasteiger partial charge on any atom is 0.257 e. The van der Waals surface area contributed by atoms with E-state index in [1.54, 1.807) is 12.1 Å². The van der Waals surface area contributed by atoms with Crippen LogP contribution in [0, 0.1) is 12.3 Å². The molecule has 4 nitrogen and oxygen atoms in total.